The highest BCUT2D eigenvalue weighted by Crippen LogP contribution is 2.14. The van der Waals surface area contributed by atoms with E-state index in [4.69, 9.17) is 0 Å². The molecule has 0 spiro atoms. The van der Waals surface area contributed by atoms with Crippen molar-refractivity contribution in [2.24, 2.45) is 0 Å². The van der Waals surface area contributed by atoms with Gasteiger partial charge in [0.1, 0.15) is 0 Å². The zero-order valence-corrected chi connectivity index (χ0v) is 7.97. The number of likely N-dealkylation sites (tertiary alicyclic amines) is 1. The minimum atomic E-state index is 0.851. The summed E-state index contributed by atoms with van der Waals surface area (Å²) in [6.45, 7) is 13.2. The number of rotatable bonds is 1. The Labute approximate surface area is 71.1 Å². The number of hydrogen-bond acceptors (Lipinski definition) is 1. The second-order valence-corrected chi connectivity index (χ2v) is 2.97. The molecule has 1 fully saturated rings. The van der Waals surface area contributed by atoms with Crippen LogP contribution in [0.3, 0.4) is 0 Å². The predicted octanol–water partition coefficient (Wildman–Crippen LogP) is 2.68. The lowest BCUT2D eigenvalue weighted by atomic mass is 10.0. The third kappa shape index (κ3) is 3.57. The molecule has 0 saturated carbocycles. The fourth-order valence-electron chi connectivity index (χ4n) is 1.63. The molecule has 1 heteroatoms. The molecule has 0 radical (unpaired) electrons. The van der Waals surface area contributed by atoms with Crippen LogP contribution in [0.1, 0.15) is 33.1 Å². The van der Waals surface area contributed by atoms with Gasteiger partial charge in [-0.25, -0.2) is 0 Å². The molecule has 1 saturated heterocycles. The smallest absolute Gasteiger partial charge is 0.00668 e. The lowest BCUT2D eigenvalue weighted by Crippen LogP contribution is -2.36. The fraction of sp³-hybridized carbons (Fsp3) is 0.800. The van der Waals surface area contributed by atoms with Crippen molar-refractivity contribution < 1.29 is 0 Å². The van der Waals surface area contributed by atoms with Crippen LogP contribution in [-0.4, -0.2) is 24.0 Å². The molecule has 0 aromatic carbocycles. The molecule has 0 amide bonds. The van der Waals surface area contributed by atoms with Crippen LogP contribution in [0.5, 0.6) is 0 Å². The maximum atomic E-state index is 3.00. The molecule has 1 atom stereocenters. The summed E-state index contributed by atoms with van der Waals surface area (Å²) in [5.74, 6) is 0. The van der Waals surface area contributed by atoms with Gasteiger partial charge in [0.05, 0.1) is 0 Å². The van der Waals surface area contributed by atoms with Crippen molar-refractivity contribution in [3.8, 4) is 0 Å². The van der Waals surface area contributed by atoms with Crippen LogP contribution in [0.25, 0.3) is 0 Å². The Hall–Kier alpha value is -0.300. The van der Waals surface area contributed by atoms with E-state index >= 15 is 0 Å². The van der Waals surface area contributed by atoms with E-state index in [1.54, 1.807) is 0 Å². The first-order valence-corrected chi connectivity index (χ1v) is 4.58. The van der Waals surface area contributed by atoms with Gasteiger partial charge in [-0.1, -0.05) is 13.3 Å². The lowest BCUT2D eigenvalue weighted by Gasteiger charge is -2.31. The second kappa shape index (κ2) is 6.41. The number of piperidine rings is 1. The van der Waals surface area contributed by atoms with E-state index in [0.717, 1.165) is 6.04 Å². The van der Waals surface area contributed by atoms with E-state index < -0.39 is 0 Å². The molecule has 11 heavy (non-hydrogen) atoms. The van der Waals surface area contributed by atoms with Gasteiger partial charge < -0.3 is 4.90 Å². The molecule has 1 rings (SSSR count). The Morgan fingerprint density at radius 3 is 2.36 bits per heavy atom. The van der Waals surface area contributed by atoms with Crippen molar-refractivity contribution >= 4 is 0 Å². The van der Waals surface area contributed by atoms with Gasteiger partial charge in [0.2, 0.25) is 0 Å². The largest absolute Gasteiger partial charge is 0.301 e. The van der Waals surface area contributed by atoms with E-state index in [0.29, 0.717) is 0 Å². The van der Waals surface area contributed by atoms with Crippen LogP contribution in [0.2, 0.25) is 0 Å². The standard InChI is InChI=1S/C8H17N.C2H4/c1-3-9-7-5-4-6-8(9)2;1-2/h8H,3-7H2,1-2H3;1-2H2. The van der Waals surface area contributed by atoms with Crippen LogP contribution in [0, 0.1) is 0 Å². The molecule has 1 heterocycles. The summed E-state index contributed by atoms with van der Waals surface area (Å²) in [6, 6.07) is 0.851. The first-order chi connectivity index (χ1) is 5.34. The molecule has 1 aliphatic rings. The SMILES string of the molecule is C=C.CCN1CCCCC1C. The summed E-state index contributed by atoms with van der Waals surface area (Å²) < 4.78 is 0. The number of nitrogens with zero attached hydrogens (tertiary/aromatic N) is 1. The van der Waals surface area contributed by atoms with E-state index in [1.165, 1.54) is 32.4 Å². The minimum absolute atomic E-state index is 0.851. The van der Waals surface area contributed by atoms with Gasteiger partial charge in [0.25, 0.3) is 0 Å². The van der Waals surface area contributed by atoms with E-state index in [1.807, 2.05) is 0 Å². The van der Waals surface area contributed by atoms with Crippen LogP contribution >= 0.6 is 0 Å². The van der Waals surface area contributed by atoms with Crippen molar-refractivity contribution in [1.29, 1.82) is 0 Å². The third-order valence-corrected chi connectivity index (χ3v) is 2.35. The van der Waals surface area contributed by atoms with E-state index in [9.17, 15) is 0 Å². The van der Waals surface area contributed by atoms with Crippen molar-refractivity contribution in [3.05, 3.63) is 13.2 Å². The molecule has 1 aliphatic heterocycles. The maximum Gasteiger partial charge on any atom is 0.00668 e. The monoisotopic (exact) mass is 155 g/mol. The van der Waals surface area contributed by atoms with Gasteiger partial charge in [0.15, 0.2) is 0 Å². The summed E-state index contributed by atoms with van der Waals surface area (Å²) >= 11 is 0. The topological polar surface area (TPSA) is 3.24 Å². The van der Waals surface area contributed by atoms with Crippen molar-refractivity contribution in [3.63, 3.8) is 0 Å². The molecule has 0 N–H and O–H groups in total. The normalized spacial score (nSPS) is 25.5. The maximum absolute atomic E-state index is 3.00. The Morgan fingerprint density at radius 1 is 1.36 bits per heavy atom. The molecule has 66 valence electrons. The Morgan fingerprint density at radius 2 is 2.00 bits per heavy atom. The summed E-state index contributed by atoms with van der Waals surface area (Å²) in [5.41, 5.74) is 0. The molecule has 0 aliphatic carbocycles. The van der Waals surface area contributed by atoms with Crippen LogP contribution < -0.4 is 0 Å². The predicted molar refractivity (Wildman–Crippen MR) is 51.8 cm³/mol. The van der Waals surface area contributed by atoms with Gasteiger partial charge >= 0.3 is 0 Å². The van der Waals surface area contributed by atoms with Gasteiger partial charge in [-0.2, -0.15) is 0 Å². The Bertz CT molecular complexity index is 90.9. The summed E-state index contributed by atoms with van der Waals surface area (Å²) in [6.07, 6.45) is 4.27. The van der Waals surface area contributed by atoms with E-state index in [2.05, 4.69) is 31.9 Å². The van der Waals surface area contributed by atoms with Crippen molar-refractivity contribution in [1.82, 2.24) is 4.90 Å². The Balaban J connectivity index is 0.000000461. The van der Waals surface area contributed by atoms with Gasteiger partial charge in [-0.05, 0) is 32.9 Å². The van der Waals surface area contributed by atoms with Gasteiger partial charge in [-0.15, -0.1) is 13.2 Å². The zero-order chi connectivity index (χ0) is 8.69. The van der Waals surface area contributed by atoms with Crippen LogP contribution in [-0.2, 0) is 0 Å². The van der Waals surface area contributed by atoms with Crippen molar-refractivity contribution in [2.45, 2.75) is 39.2 Å². The van der Waals surface area contributed by atoms with Gasteiger partial charge in [0, 0.05) is 6.04 Å². The molecule has 1 unspecified atom stereocenters. The van der Waals surface area contributed by atoms with Crippen molar-refractivity contribution in [2.75, 3.05) is 13.1 Å². The highest BCUT2D eigenvalue weighted by molar-refractivity contribution is 4.70. The number of hydrogen-bond donors (Lipinski definition) is 0. The van der Waals surface area contributed by atoms with Gasteiger partial charge in [-0.3, -0.25) is 0 Å². The molecule has 0 bridgehead atoms. The van der Waals surface area contributed by atoms with Crippen LogP contribution in [0.4, 0.5) is 0 Å². The summed E-state index contributed by atoms with van der Waals surface area (Å²) in [5, 5.41) is 0. The minimum Gasteiger partial charge on any atom is -0.301 e. The highest BCUT2D eigenvalue weighted by atomic mass is 15.1. The summed E-state index contributed by atoms with van der Waals surface area (Å²) in [4.78, 5) is 2.56. The second-order valence-electron chi connectivity index (χ2n) is 2.97. The first kappa shape index (κ1) is 10.7. The first-order valence-electron chi connectivity index (χ1n) is 4.58. The average molecular weight is 155 g/mol. The summed E-state index contributed by atoms with van der Waals surface area (Å²) in [7, 11) is 0. The van der Waals surface area contributed by atoms with E-state index in [-0.39, 0.29) is 0 Å². The lowest BCUT2D eigenvalue weighted by molar-refractivity contribution is 0.169. The average Bonchev–Trinajstić information content (AvgIpc) is 2.09. The Kier molecular flexibility index (Phi) is 6.24. The van der Waals surface area contributed by atoms with Crippen LogP contribution in [0.15, 0.2) is 13.2 Å². The molecule has 0 aromatic rings. The fourth-order valence-corrected chi connectivity index (χ4v) is 1.63. The molecule has 0 aromatic heterocycles. The molecule has 1 nitrogen and oxygen atoms in total. The quantitative estimate of drug-likeness (QED) is 0.526. The third-order valence-electron chi connectivity index (χ3n) is 2.35. The molecular weight excluding hydrogens is 134 g/mol. The zero-order valence-electron chi connectivity index (χ0n) is 7.97. The highest BCUT2D eigenvalue weighted by Gasteiger charge is 2.14. The molecular formula is C10H21N.